The van der Waals surface area contributed by atoms with Crippen LogP contribution in [0.25, 0.3) is 22.5 Å². The van der Waals surface area contributed by atoms with E-state index in [4.69, 9.17) is 4.42 Å². The number of Topliss-reactive ketones (excluding diaryl/α,β-unsaturated/α-hetero) is 2. The summed E-state index contributed by atoms with van der Waals surface area (Å²) in [6.07, 6.45) is 10.1. The van der Waals surface area contributed by atoms with Crippen LogP contribution in [-0.2, 0) is 29.6 Å². The first-order chi connectivity index (χ1) is 29.0. The fourth-order valence-electron chi connectivity index (χ4n) is 9.47. The van der Waals surface area contributed by atoms with Gasteiger partial charge in [0.1, 0.15) is 12.0 Å². The van der Waals surface area contributed by atoms with Gasteiger partial charge in [-0.1, -0.05) is 25.0 Å². The van der Waals surface area contributed by atoms with Gasteiger partial charge in [0.15, 0.2) is 17.2 Å². The molecular formula is C44H51F2N9O5. The Bertz CT molecular complexity index is 2470. The largest absolute Gasteiger partial charge is 0.444 e. The van der Waals surface area contributed by atoms with E-state index in [-0.39, 0.29) is 47.0 Å². The van der Waals surface area contributed by atoms with Gasteiger partial charge in [-0.3, -0.25) is 38.1 Å². The molecule has 4 fully saturated rings. The van der Waals surface area contributed by atoms with Crippen LogP contribution in [0.3, 0.4) is 0 Å². The molecule has 3 saturated carbocycles. The first-order valence-corrected chi connectivity index (χ1v) is 21.2. The number of hydrogen-bond acceptors (Lipinski definition) is 10. The number of oxazole rings is 1. The van der Waals surface area contributed by atoms with Crippen LogP contribution in [0.15, 0.2) is 58.2 Å². The topological polar surface area (TPSA) is 153 Å². The summed E-state index contributed by atoms with van der Waals surface area (Å²) in [5.74, 6) is 0.594. The molecule has 1 aromatic carbocycles. The first-order valence-electron chi connectivity index (χ1n) is 21.2. The fourth-order valence-corrected chi connectivity index (χ4v) is 9.47. The second-order valence-corrected chi connectivity index (χ2v) is 17.4. The van der Waals surface area contributed by atoms with Gasteiger partial charge in [-0.05, 0) is 87.6 Å². The number of aryl methyl sites for hydroxylation is 2. The second-order valence-electron chi connectivity index (χ2n) is 17.4. The number of alkyl halides is 2. The van der Waals surface area contributed by atoms with Crippen molar-refractivity contribution in [2.24, 2.45) is 18.9 Å². The molecule has 316 valence electrons. The van der Waals surface area contributed by atoms with Crippen LogP contribution in [0.4, 0.5) is 14.5 Å². The molecule has 14 nitrogen and oxygen atoms in total. The van der Waals surface area contributed by atoms with Crippen molar-refractivity contribution < 1.29 is 27.6 Å². The van der Waals surface area contributed by atoms with E-state index in [1.54, 1.807) is 33.1 Å². The number of likely N-dealkylation sites (tertiary alicyclic amines) is 1. The molecule has 0 spiro atoms. The number of rotatable bonds is 14. The number of carbonyl (C=O) groups excluding carboxylic acids is 3. The maximum Gasteiger partial charge on any atom is 0.329 e. The van der Waals surface area contributed by atoms with E-state index in [2.05, 4.69) is 37.2 Å². The van der Waals surface area contributed by atoms with E-state index in [0.717, 1.165) is 86.4 Å². The Morgan fingerprint density at radius 2 is 1.82 bits per heavy atom. The van der Waals surface area contributed by atoms with E-state index in [1.807, 2.05) is 24.3 Å². The number of imidazole rings is 1. The van der Waals surface area contributed by atoms with Gasteiger partial charge in [-0.25, -0.2) is 18.6 Å². The minimum absolute atomic E-state index is 0.0124. The molecule has 9 rings (SSSR count). The van der Waals surface area contributed by atoms with Crippen molar-refractivity contribution in [1.29, 1.82) is 0 Å². The van der Waals surface area contributed by atoms with Crippen molar-refractivity contribution >= 4 is 34.2 Å². The Morgan fingerprint density at radius 1 is 1.03 bits per heavy atom. The molecule has 1 unspecified atom stereocenters. The summed E-state index contributed by atoms with van der Waals surface area (Å²) >= 11 is 0. The number of pyridine rings is 1. The summed E-state index contributed by atoms with van der Waals surface area (Å²) in [7, 11) is 3.90. The lowest BCUT2D eigenvalue weighted by Gasteiger charge is -2.45. The van der Waals surface area contributed by atoms with E-state index >= 15 is 0 Å². The van der Waals surface area contributed by atoms with Crippen molar-refractivity contribution in [3.05, 3.63) is 82.1 Å². The van der Waals surface area contributed by atoms with E-state index in [0.29, 0.717) is 36.9 Å². The molecule has 60 heavy (non-hydrogen) atoms. The van der Waals surface area contributed by atoms with Gasteiger partial charge < -0.3 is 14.6 Å². The number of ketones is 2. The average Bonchev–Trinajstić information content (AvgIpc) is 3.62. The van der Waals surface area contributed by atoms with Gasteiger partial charge in [-0.2, -0.15) is 5.10 Å². The SMILES string of the molecule is CN(CC1CCC(n2cc(NC(=O)c3coc(-c4ccnc(CCC5CC5)c4)n3)c(C(F)F)n2)CC1)C1CN(Cc2cccc3c2n(C)c(=O)n3C2CCC(=O)CC2=O)C1. The number of anilines is 1. The van der Waals surface area contributed by atoms with Gasteiger partial charge in [-0.15, -0.1) is 0 Å². The van der Waals surface area contributed by atoms with Crippen molar-refractivity contribution in [2.75, 3.05) is 32.0 Å². The van der Waals surface area contributed by atoms with Gasteiger partial charge in [0.2, 0.25) is 5.89 Å². The van der Waals surface area contributed by atoms with E-state index in [1.165, 1.54) is 25.3 Å². The van der Waals surface area contributed by atoms with Crippen LogP contribution in [0, 0.1) is 11.8 Å². The third-order valence-electron chi connectivity index (χ3n) is 13.2. The van der Waals surface area contributed by atoms with Crippen LogP contribution in [0.1, 0.15) is 110 Å². The molecule has 3 aliphatic carbocycles. The molecule has 4 aromatic heterocycles. The van der Waals surface area contributed by atoms with Crippen LogP contribution in [-0.4, -0.2) is 88.9 Å². The van der Waals surface area contributed by atoms with Crippen molar-refractivity contribution in [2.45, 2.75) is 102 Å². The second kappa shape index (κ2) is 16.6. The number of fused-ring (bicyclic) bond motifs is 1. The number of amides is 1. The van der Waals surface area contributed by atoms with E-state index < -0.39 is 24.1 Å². The highest BCUT2D eigenvalue weighted by atomic mass is 19.3. The number of halogens is 2. The van der Waals surface area contributed by atoms with E-state index in [9.17, 15) is 28.0 Å². The monoisotopic (exact) mass is 823 g/mol. The summed E-state index contributed by atoms with van der Waals surface area (Å²) in [6.45, 7) is 3.39. The summed E-state index contributed by atoms with van der Waals surface area (Å²) < 4.78 is 38.8. The lowest BCUT2D eigenvalue weighted by atomic mass is 9.85. The number of aromatic nitrogens is 6. The van der Waals surface area contributed by atoms with Gasteiger partial charge in [0.05, 0.1) is 35.2 Å². The third kappa shape index (κ3) is 8.23. The minimum atomic E-state index is -2.87. The number of para-hydroxylation sites is 1. The summed E-state index contributed by atoms with van der Waals surface area (Å²) in [5.41, 5.74) is 3.48. The van der Waals surface area contributed by atoms with Gasteiger partial charge in [0.25, 0.3) is 12.3 Å². The molecule has 1 atom stereocenters. The van der Waals surface area contributed by atoms with Crippen molar-refractivity contribution in [1.82, 2.24) is 38.7 Å². The highest BCUT2D eigenvalue weighted by molar-refractivity contribution is 6.04. The van der Waals surface area contributed by atoms with Crippen LogP contribution >= 0.6 is 0 Å². The predicted molar refractivity (Wildman–Crippen MR) is 219 cm³/mol. The van der Waals surface area contributed by atoms with Crippen LogP contribution < -0.4 is 11.0 Å². The highest BCUT2D eigenvalue weighted by Crippen LogP contribution is 2.37. The molecule has 1 N–H and O–H groups in total. The molecule has 1 amide bonds. The maximum atomic E-state index is 14.2. The van der Waals surface area contributed by atoms with Crippen LogP contribution in [0.5, 0.6) is 0 Å². The zero-order valence-corrected chi connectivity index (χ0v) is 34.1. The Morgan fingerprint density at radius 3 is 2.57 bits per heavy atom. The van der Waals surface area contributed by atoms with Gasteiger partial charge in [0, 0.05) is 69.3 Å². The quantitative estimate of drug-likeness (QED) is 0.122. The molecule has 16 heteroatoms. The highest BCUT2D eigenvalue weighted by Gasteiger charge is 2.35. The fraction of sp³-hybridized carbons (Fsp3) is 0.523. The zero-order chi connectivity index (χ0) is 41.7. The summed E-state index contributed by atoms with van der Waals surface area (Å²) in [4.78, 5) is 64.8. The first kappa shape index (κ1) is 40.1. The summed E-state index contributed by atoms with van der Waals surface area (Å²) in [5, 5.41) is 6.86. The van der Waals surface area contributed by atoms with Crippen molar-refractivity contribution in [3.8, 4) is 11.5 Å². The van der Waals surface area contributed by atoms with Crippen molar-refractivity contribution in [3.63, 3.8) is 0 Å². The van der Waals surface area contributed by atoms with Crippen LogP contribution in [0.2, 0.25) is 0 Å². The predicted octanol–water partition coefficient (Wildman–Crippen LogP) is 6.53. The molecule has 5 heterocycles. The Balaban J connectivity index is 0.766. The normalized spacial score (nSPS) is 21.7. The number of hydrogen-bond donors (Lipinski definition) is 1. The Kier molecular flexibility index (Phi) is 11.1. The number of benzene rings is 1. The smallest absolute Gasteiger partial charge is 0.329 e. The molecule has 0 bridgehead atoms. The molecule has 5 aromatic rings. The molecule has 0 radical (unpaired) electrons. The number of carbonyl (C=O) groups is 3. The van der Waals surface area contributed by atoms with Gasteiger partial charge >= 0.3 is 5.69 Å². The average molecular weight is 824 g/mol. The number of likely N-dealkylation sites (N-methyl/N-ethyl adjacent to an activating group) is 1. The molecular weight excluding hydrogens is 773 g/mol. The number of nitrogens with zero attached hydrogens (tertiary/aromatic N) is 8. The Hall–Kier alpha value is -5.35. The molecule has 1 saturated heterocycles. The molecule has 1 aliphatic heterocycles. The summed E-state index contributed by atoms with van der Waals surface area (Å²) in [6, 6.07) is 9.26. The third-order valence-corrected chi connectivity index (χ3v) is 13.2. The minimum Gasteiger partial charge on any atom is -0.444 e. The lowest BCUT2D eigenvalue weighted by Crippen LogP contribution is -2.58. The lowest BCUT2D eigenvalue weighted by molar-refractivity contribution is -0.132. The maximum absolute atomic E-state index is 14.2. The zero-order valence-electron chi connectivity index (χ0n) is 34.1. The molecule has 4 aliphatic rings. The number of nitrogens with one attached hydrogen (secondary N) is 1. The standard InChI is InChI=1S/C44H51F2N9O5/c1-51(32-22-53(23-32)21-29-4-3-5-37-40(29)52(2)44(59)55(37)36-15-14-33(56)19-38(36)57)20-27-9-12-31(13-10-27)54-24-34(39(50-54)41(45)46)48-42(58)35-25-60-43(49-35)28-16-17-47-30(18-28)11-8-26-6-7-26/h3-5,16-18,24-27,31-32,36,41H,6-15,19-23H2,1-2H3,(H,48,58). The Labute approximate surface area is 345 Å².